The van der Waals surface area contributed by atoms with Crippen LogP contribution < -0.4 is 10.6 Å². The quantitative estimate of drug-likeness (QED) is 0.560. The number of rotatable bonds is 8. The summed E-state index contributed by atoms with van der Waals surface area (Å²) in [4.78, 5) is 6.89. The molecule has 0 aliphatic heterocycles. The Bertz CT molecular complexity index is 535. The monoisotopic (exact) mass is 348 g/mol. The number of guanidine groups is 1. The third kappa shape index (κ3) is 8.36. The van der Waals surface area contributed by atoms with Crippen LogP contribution in [0.2, 0.25) is 0 Å². The molecule has 1 atom stereocenters. The number of hydrogen-bond acceptors (Lipinski definition) is 3. The molecule has 5 nitrogen and oxygen atoms in total. The molecule has 1 aromatic rings. The number of ether oxygens (including phenoxy) is 1. The van der Waals surface area contributed by atoms with Crippen molar-refractivity contribution in [2.24, 2.45) is 10.4 Å². The van der Waals surface area contributed by atoms with Crippen LogP contribution in [-0.4, -0.2) is 51.3 Å². The number of benzene rings is 1. The molecule has 0 fully saturated rings. The molecule has 5 heteroatoms. The van der Waals surface area contributed by atoms with E-state index in [0.717, 1.165) is 25.6 Å². The number of nitrogens with zero attached hydrogens (tertiary/aromatic N) is 2. The number of aliphatic imine (C=N–C) groups is 1. The van der Waals surface area contributed by atoms with Gasteiger partial charge < -0.3 is 20.3 Å². The second kappa shape index (κ2) is 10.4. The number of nitrogens with one attached hydrogen (secondary N) is 2. The zero-order chi connectivity index (χ0) is 18.9. The summed E-state index contributed by atoms with van der Waals surface area (Å²) >= 11 is 0. The van der Waals surface area contributed by atoms with E-state index in [4.69, 9.17) is 9.73 Å². The summed E-state index contributed by atoms with van der Waals surface area (Å²) in [6.07, 6.45) is 0.125. The summed E-state index contributed by atoms with van der Waals surface area (Å²) in [6.45, 7) is 11.8. The van der Waals surface area contributed by atoms with Crippen LogP contribution in [0.3, 0.4) is 0 Å². The minimum absolute atomic E-state index is 0.0829. The fourth-order valence-electron chi connectivity index (χ4n) is 2.64. The number of hydrogen-bond donors (Lipinski definition) is 2. The largest absolute Gasteiger partial charge is 0.379 e. The molecule has 0 saturated heterocycles. The van der Waals surface area contributed by atoms with E-state index in [-0.39, 0.29) is 11.5 Å². The Morgan fingerprint density at radius 1 is 1.20 bits per heavy atom. The van der Waals surface area contributed by atoms with Crippen molar-refractivity contribution in [1.82, 2.24) is 15.5 Å². The zero-order valence-corrected chi connectivity index (χ0v) is 17.0. The van der Waals surface area contributed by atoms with Gasteiger partial charge in [-0.1, -0.05) is 45.0 Å². The molecular formula is C20H36N4O. The molecule has 0 aromatic heterocycles. The van der Waals surface area contributed by atoms with E-state index in [1.165, 1.54) is 11.1 Å². The Balaban J connectivity index is 2.72. The maximum Gasteiger partial charge on any atom is 0.191 e. The zero-order valence-electron chi connectivity index (χ0n) is 17.0. The van der Waals surface area contributed by atoms with Gasteiger partial charge in [0.25, 0.3) is 0 Å². The third-order valence-corrected chi connectivity index (χ3v) is 3.96. The molecule has 0 aliphatic carbocycles. The van der Waals surface area contributed by atoms with E-state index in [1.807, 2.05) is 0 Å². The van der Waals surface area contributed by atoms with Gasteiger partial charge in [-0.25, -0.2) is 4.99 Å². The Labute approximate surface area is 153 Å². The minimum atomic E-state index is 0.0829. The summed E-state index contributed by atoms with van der Waals surface area (Å²) in [5, 5.41) is 6.71. The van der Waals surface area contributed by atoms with E-state index >= 15 is 0 Å². The van der Waals surface area contributed by atoms with E-state index in [1.54, 1.807) is 7.11 Å². The minimum Gasteiger partial charge on any atom is -0.379 e. The van der Waals surface area contributed by atoms with Crippen molar-refractivity contribution in [3.63, 3.8) is 0 Å². The normalized spacial score (nSPS) is 13.8. The van der Waals surface area contributed by atoms with Gasteiger partial charge in [0.05, 0.1) is 12.6 Å². The predicted octanol–water partition coefficient (Wildman–Crippen LogP) is 2.86. The first-order valence-electron chi connectivity index (χ1n) is 9.03. The van der Waals surface area contributed by atoms with Gasteiger partial charge in [0.1, 0.15) is 0 Å². The van der Waals surface area contributed by atoms with Crippen LogP contribution >= 0.6 is 0 Å². The Morgan fingerprint density at radius 3 is 2.44 bits per heavy atom. The van der Waals surface area contributed by atoms with Gasteiger partial charge >= 0.3 is 0 Å². The lowest BCUT2D eigenvalue weighted by molar-refractivity contribution is 0.0205. The lowest BCUT2D eigenvalue weighted by Gasteiger charge is -2.30. The summed E-state index contributed by atoms with van der Waals surface area (Å²) in [7, 11) is 5.93. The molecule has 1 unspecified atom stereocenters. The molecule has 0 spiro atoms. The summed E-state index contributed by atoms with van der Waals surface area (Å²) in [5.74, 6) is 0.826. The molecule has 0 radical (unpaired) electrons. The Kier molecular flexibility index (Phi) is 8.93. The average Bonchev–Trinajstić information content (AvgIpc) is 2.51. The van der Waals surface area contributed by atoms with E-state index < -0.39 is 0 Å². The van der Waals surface area contributed by atoms with Crippen molar-refractivity contribution < 1.29 is 4.74 Å². The highest BCUT2D eigenvalue weighted by molar-refractivity contribution is 5.79. The number of methoxy groups -OCH3 is 1. The molecule has 0 amide bonds. The standard InChI is InChI=1S/C20H36N4O/c1-8-21-19(23-14-18(25-7)20(2,3)4)22-13-16-10-9-11-17(12-16)15-24(5)6/h9-12,18H,8,13-15H2,1-7H3,(H2,21,22,23). The summed E-state index contributed by atoms with van der Waals surface area (Å²) in [5.41, 5.74) is 2.61. The summed E-state index contributed by atoms with van der Waals surface area (Å²) < 4.78 is 5.61. The van der Waals surface area contributed by atoms with E-state index in [0.29, 0.717) is 6.54 Å². The van der Waals surface area contributed by atoms with Crippen molar-refractivity contribution in [3.05, 3.63) is 35.4 Å². The van der Waals surface area contributed by atoms with Gasteiger partial charge in [-0.3, -0.25) is 0 Å². The van der Waals surface area contributed by atoms with E-state index in [9.17, 15) is 0 Å². The van der Waals surface area contributed by atoms with Gasteiger partial charge in [-0.2, -0.15) is 0 Å². The molecule has 0 heterocycles. The van der Waals surface area contributed by atoms with Crippen molar-refractivity contribution in [3.8, 4) is 0 Å². The van der Waals surface area contributed by atoms with Gasteiger partial charge in [0.2, 0.25) is 0 Å². The van der Waals surface area contributed by atoms with E-state index in [2.05, 4.69) is 81.6 Å². The van der Waals surface area contributed by atoms with Gasteiger partial charge in [0, 0.05) is 26.7 Å². The van der Waals surface area contributed by atoms with Crippen molar-refractivity contribution >= 4 is 5.96 Å². The van der Waals surface area contributed by atoms with Crippen LogP contribution in [0.15, 0.2) is 29.3 Å². The van der Waals surface area contributed by atoms with Gasteiger partial charge in [-0.05, 0) is 37.6 Å². The van der Waals surface area contributed by atoms with Crippen LogP contribution in [0.1, 0.15) is 38.8 Å². The maximum atomic E-state index is 5.61. The SMILES string of the molecule is CCNC(=NCc1cccc(CN(C)C)c1)NCC(OC)C(C)(C)C. The molecule has 2 N–H and O–H groups in total. The van der Waals surface area contributed by atoms with Gasteiger partial charge in [0.15, 0.2) is 5.96 Å². The van der Waals surface area contributed by atoms with Crippen LogP contribution in [0.25, 0.3) is 0 Å². The van der Waals surface area contributed by atoms with Crippen molar-refractivity contribution in [1.29, 1.82) is 0 Å². The third-order valence-electron chi connectivity index (χ3n) is 3.96. The molecule has 1 aromatic carbocycles. The first-order chi connectivity index (χ1) is 11.8. The second-order valence-corrected chi connectivity index (χ2v) is 7.72. The molecule has 0 bridgehead atoms. The molecular weight excluding hydrogens is 312 g/mol. The summed E-state index contributed by atoms with van der Waals surface area (Å²) in [6, 6.07) is 8.60. The van der Waals surface area contributed by atoms with Crippen molar-refractivity contribution in [2.45, 2.75) is 46.9 Å². The lowest BCUT2D eigenvalue weighted by Crippen LogP contribution is -2.45. The molecule has 0 saturated carbocycles. The molecule has 142 valence electrons. The Hall–Kier alpha value is -1.59. The first-order valence-corrected chi connectivity index (χ1v) is 9.03. The molecule has 0 aliphatic rings. The van der Waals surface area contributed by atoms with Crippen LogP contribution in [-0.2, 0) is 17.8 Å². The lowest BCUT2D eigenvalue weighted by atomic mass is 9.89. The van der Waals surface area contributed by atoms with Gasteiger partial charge in [-0.15, -0.1) is 0 Å². The van der Waals surface area contributed by atoms with Crippen LogP contribution in [0, 0.1) is 5.41 Å². The predicted molar refractivity (Wildman–Crippen MR) is 107 cm³/mol. The van der Waals surface area contributed by atoms with Crippen LogP contribution in [0.5, 0.6) is 0 Å². The topological polar surface area (TPSA) is 48.9 Å². The highest BCUT2D eigenvalue weighted by Gasteiger charge is 2.24. The average molecular weight is 349 g/mol. The van der Waals surface area contributed by atoms with Crippen molar-refractivity contribution in [2.75, 3.05) is 34.3 Å². The smallest absolute Gasteiger partial charge is 0.191 e. The highest BCUT2D eigenvalue weighted by Crippen LogP contribution is 2.20. The van der Waals surface area contributed by atoms with Crippen LogP contribution in [0.4, 0.5) is 0 Å². The Morgan fingerprint density at radius 2 is 1.88 bits per heavy atom. The highest BCUT2D eigenvalue weighted by atomic mass is 16.5. The fraction of sp³-hybridized carbons (Fsp3) is 0.650. The fourth-order valence-corrected chi connectivity index (χ4v) is 2.64. The second-order valence-electron chi connectivity index (χ2n) is 7.72. The maximum absolute atomic E-state index is 5.61. The molecule has 1 rings (SSSR count). The molecule has 25 heavy (non-hydrogen) atoms. The first kappa shape index (κ1) is 21.5.